The second kappa shape index (κ2) is 8.94. The van der Waals surface area contributed by atoms with Crippen molar-refractivity contribution in [2.24, 2.45) is 4.99 Å². The minimum absolute atomic E-state index is 0.115. The summed E-state index contributed by atoms with van der Waals surface area (Å²) in [6.07, 6.45) is 1.82. The van der Waals surface area contributed by atoms with Crippen LogP contribution in [0.15, 0.2) is 35.5 Å². The summed E-state index contributed by atoms with van der Waals surface area (Å²) in [6.45, 7) is 3.38. The summed E-state index contributed by atoms with van der Waals surface area (Å²) in [6, 6.07) is 6.64. The van der Waals surface area contributed by atoms with E-state index in [4.69, 9.17) is 11.6 Å². The average Bonchev–Trinajstić information content (AvgIpc) is 2.86. The van der Waals surface area contributed by atoms with Crippen LogP contribution in [0.25, 0.3) is 0 Å². The molecule has 0 aliphatic rings. The Kier molecular flexibility index (Phi) is 6.92. The quantitative estimate of drug-likeness (QED) is 0.832. The Morgan fingerprint density at radius 2 is 2.12 bits per heavy atom. The first-order chi connectivity index (χ1) is 11.8. The van der Waals surface area contributed by atoms with Crippen molar-refractivity contribution in [3.8, 4) is 0 Å². The molecule has 2 aromatic rings. The van der Waals surface area contributed by atoms with Gasteiger partial charge in [-0.3, -0.25) is 9.59 Å². The zero-order chi connectivity index (χ0) is 18.4. The molecule has 0 atom stereocenters. The van der Waals surface area contributed by atoms with E-state index in [2.05, 4.69) is 10.3 Å². The van der Waals surface area contributed by atoms with Crippen molar-refractivity contribution in [2.45, 2.75) is 13.5 Å². The third kappa shape index (κ3) is 6.12. The fraction of sp³-hybridized carbons (Fsp3) is 0.353. The Morgan fingerprint density at radius 3 is 2.80 bits per heavy atom. The van der Waals surface area contributed by atoms with Gasteiger partial charge in [0.1, 0.15) is 6.54 Å². The van der Waals surface area contributed by atoms with Crippen LogP contribution in [0.5, 0.6) is 0 Å². The number of likely N-dealkylation sites (N-methyl/N-ethyl adjacent to an activating group) is 1. The molecule has 1 N–H and O–H groups in total. The number of thiazole rings is 1. The predicted octanol–water partition coefficient (Wildman–Crippen LogP) is 1.93. The van der Waals surface area contributed by atoms with Gasteiger partial charge in [0.05, 0.1) is 0 Å². The summed E-state index contributed by atoms with van der Waals surface area (Å²) in [7, 11) is 3.89. The molecule has 0 bridgehead atoms. The second-order valence-corrected chi connectivity index (χ2v) is 7.48. The molecule has 1 heterocycles. The molecule has 0 fully saturated rings. The lowest BCUT2D eigenvalue weighted by Gasteiger charge is -2.10. The van der Waals surface area contributed by atoms with Crippen molar-refractivity contribution in [1.29, 1.82) is 0 Å². The first kappa shape index (κ1) is 19.4. The van der Waals surface area contributed by atoms with Crippen molar-refractivity contribution in [2.75, 3.05) is 27.2 Å². The maximum Gasteiger partial charge on any atom is 0.279 e. The van der Waals surface area contributed by atoms with Gasteiger partial charge in [-0.15, -0.1) is 11.3 Å². The number of carbonyl (C=O) groups is 2. The molecular weight excluding hydrogens is 360 g/mol. The molecule has 1 aromatic carbocycles. The third-order valence-corrected chi connectivity index (χ3v) is 4.47. The van der Waals surface area contributed by atoms with Gasteiger partial charge in [0.25, 0.3) is 5.91 Å². The molecule has 0 spiro atoms. The fourth-order valence-corrected chi connectivity index (χ4v) is 3.13. The molecule has 8 heteroatoms. The molecular formula is C17H21ClN4O2S. The summed E-state index contributed by atoms with van der Waals surface area (Å²) in [5.41, 5.74) is 0.417. The van der Waals surface area contributed by atoms with Crippen LogP contribution in [0.3, 0.4) is 0 Å². The molecule has 1 aromatic heterocycles. The molecule has 0 saturated heterocycles. The summed E-state index contributed by atoms with van der Waals surface area (Å²) in [5.74, 6) is -0.498. The minimum atomic E-state index is -0.383. The monoisotopic (exact) mass is 380 g/mol. The molecule has 134 valence electrons. The van der Waals surface area contributed by atoms with Gasteiger partial charge < -0.3 is 14.8 Å². The van der Waals surface area contributed by atoms with E-state index in [1.165, 1.54) is 11.3 Å². The highest BCUT2D eigenvalue weighted by molar-refractivity contribution is 7.09. The van der Waals surface area contributed by atoms with Gasteiger partial charge >= 0.3 is 0 Å². The fourth-order valence-electron chi connectivity index (χ4n) is 2.11. The van der Waals surface area contributed by atoms with Crippen molar-refractivity contribution < 1.29 is 9.59 Å². The van der Waals surface area contributed by atoms with E-state index >= 15 is 0 Å². The Bertz CT molecular complexity index is 826. The predicted molar refractivity (Wildman–Crippen MR) is 100.0 cm³/mol. The number of nitrogens with zero attached hydrogens (tertiary/aromatic N) is 3. The Balaban J connectivity index is 2.14. The number of benzene rings is 1. The van der Waals surface area contributed by atoms with E-state index in [1.54, 1.807) is 28.8 Å². The molecule has 25 heavy (non-hydrogen) atoms. The lowest BCUT2D eigenvalue weighted by Crippen LogP contribution is -2.35. The number of aromatic nitrogens is 1. The van der Waals surface area contributed by atoms with Crippen LogP contribution in [0.1, 0.15) is 15.2 Å². The summed E-state index contributed by atoms with van der Waals surface area (Å²) >= 11 is 7.28. The van der Waals surface area contributed by atoms with Crippen LogP contribution in [-0.2, 0) is 11.3 Å². The standard InChI is InChI=1S/C17H21ClN4O2S/c1-12-10-22(11-15(23)19-7-8-21(2)3)17(25-12)20-16(24)13-5-4-6-14(18)9-13/h4-6,9-10H,7-8,11H2,1-3H3,(H,19,23). The van der Waals surface area contributed by atoms with Gasteiger partial charge in [-0.1, -0.05) is 17.7 Å². The number of aryl methyl sites for hydroxylation is 1. The number of hydrogen-bond donors (Lipinski definition) is 1. The minimum Gasteiger partial charge on any atom is -0.353 e. The van der Waals surface area contributed by atoms with Crippen LogP contribution in [-0.4, -0.2) is 48.5 Å². The Labute approximate surface area is 155 Å². The molecule has 2 rings (SSSR count). The van der Waals surface area contributed by atoms with Crippen molar-refractivity contribution in [1.82, 2.24) is 14.8 Å². The Morgan fingerprint density at radius 1 is 1.36 bits per heavy atom. The van der Waals surface area contributed by atoms with E-state index in [0.717, 1.165) is 11.4 Å². The lowest BCUT2D eigenvalue weighted by molar-refractivity contribution is -0.121. The van der Waals surface area contributed by atoms with Crippen molar-refractivity contribution in [3.05, 3.63) is 50.7 Å². The maximum atomic E-state index is 12.3. The topological polar surface area (TPSA) is 66.7 Å². The van der Waals surface area contributed by atoms with E-state index < -0.39 is 0 Å². The smallest absolute Gasteiger partial charge is 0.279 e. The number of carbonyl (C=O) groups excluding carboxylic acids is 2. The highest BCUT2D eigenvalue weighted by Gasteiger charge is 2.09. The first-order valence-electron chi connectivity index (χ1n) is 7.78. The highest BCUT2D eigenvalue weighted by Crippen LogP contribution is 2.11. The molecule has 0 unspecified atom stereocenters. The molecule has 0 aliphatic heterocycles. The molecule has 0 saturated carbocycles. The lowest BCUT2D eigenvalue weighted by atomic mass is 10.2. The number of amides is 2. The average molecular weight is 381 g/mol. The van der Waals surface area contributed by atoms with E-state index in [-0.39, 0.29) is 18.4 Å². The number of halogens is 1. The molecule has 2 amide bonds. The Hall–Kier alpha value is -1.96. The summed E-state index contributed by atoms with van der Waals surface area (Å²) < 4.78 is 1.69. The van der Waals surface area contributed by atoms with Gasteiger partial charge in [-0.2, -0.15) is 4.99 Å². The number of nitrogens with one attached hydrogen (secondary N) is 1. The van der Waals surface area contributed by atoms with E-state index in [1.807, 2.05) is 32.1 Å². The van der Waals surface area contributed by atoms with Gasteiger partial charge in [0.2, 0.25) is 5.91 Å². The van der Waals surface area contributed by atoms with Crippen molar-refractivity contribution in [3.63, 3.8) is 0 Å². The van der Waals surface area contributed by atoms with E-state index in [0.29, 0.717) is 21.9 Å². The number of hydrogen-bond acceptors (Lipinski definition) is 4. The summed E-state index contributed by atoms with van der Waals surface area (Å²) in [5, 5.41) is 3.33. The van der Waals surface area contributed by atoms with Crippen LogP contribution in [0, 0.1) is 6.92 Å². The van der Waals surface area contributed by atoms with Gasteiger partial charge in [0, 0.05) is 34.7 Å². The van der Waals surface area contributed by atoms with Crippen LogP contribution in [0.2, 0.25) is 5.02 Å². The zero-order valence-electron chi connectivity index (χ0n) is 14.5. The summed E-state index contributed by atoms with van der Waals surface area (Å²) in [4.78, 5) is 32.0. The van der Waals surface area contributed by atoms with Crippen LogP contribution in [0.4, 0.5) is 0 Å². The largest absolute Gasteiger partial charge is 0.353 e. The normalized spacial score (nSPS) is 11.8. The van der Waals surface area contributed by atoms with Crippen LogP contribution < -0.4 is 10.1 Å². The number of rotatable bonds is 6. The van der Waals surface area contributed by atoms with E-state index in [9.17, 15) is 9.59 Å². The SMILES string of the molecule is Cc1cn(CC(=O)NCCN(C)C)c(=NC(=O)c2cccc(Cl)c2)s1. The first-order valence-corrected chi connectivity index (χ1v) is 8.97. The van der Waals surface area contributed by atoms with Gasteiger partial charge in [0.15, 0.2) is 4.80 Å². The van der Waals surface area contributed by atoms with Gasteiger partial charge in [-0.05, 0) is 39.2 Å². The molecule has 0 aliphatic carbocycles. The van der Waals surface area contributed by atoms with Crippen molar-refractivity contribution >= 4 is 34.8 Å². The molecule has 0 radical (unpaired) electrons. The third-order valence-electron chi connectivity index (χ3n) is 3.30. The van der Waals surface area contributed by atoms with Gasteiger partial charge in [-0.25, -0.2) is 0 Å². The second-order valence-electron chi connectivity index (χ2n) is 5.83. The zero-order valence-corrected chi connectivity index (χ0v) is 16.0. The molecule has 6 nitrogen and oxygen atoms in total. The van der Waals surface area contributed by atoms with Crippen LogP contribution >= 0.6 is 22.9 Å². The highest BCUT2D eigenvalue weighted by atomic mass is 35.5. The maximum absolute atomic E-state index is 12.3.